The number of carbonyl (C=O) groups excluding carboxylic acids is 2. The van der Waals surface area contributed by atoms with Crippen LogP contribution in [0.15, 0.2) is 41.9 Å². The summed E-state index contributed by atoms with van der Waals surface area (Å²) in [6.45, 7) is 4.09. The molecule has 2 aromatic rings. The van der Waals surface area contributed by atoms with Crippen LogP contribution in [0, 0.1) is 0 Å². The van der Waals surface area contributed by atoms with E-state index in [1.54, 1.807) is 11.6 Å². The molecular formula is C18H22N4O2S. The van der Waals surface area contributed by atoms with Crippen LogP contribution in [-0.4, -0.2) is 52.8 Å². The van der Waals surface area contributed by atoms with Crippen LogP contribution in [0.25, 0.3) is 0 Å². The summed E-state index contributed by atoms with van der Waals surface area (Å²) in [6.07, 6.45) is 2.08. The topological polar surface area (TPSA) is 65.5 Å². The third-order valence-corrected chi connectivity index (χ3v) is 4.91. The van der Waals surface area contributed by atoms with E-state index >= 15 is 0 Å². The van der Waals surface area contributed by atoms with E-state index in [2.05, 4.69) is 27.3 Å². The molecule has 0 bridgehead atoms. The summed E-state index contributed by atoms with van der Waals surface area (Å²) in [5.74, 6) is -0.111. The summed E-state index contributed by atoms with van der Waals surface area (Å²) in [5.41, 5.74) is 1.29. The van der Waals surface area contributed by atoms with E-state index in [1.807, 2.05) is 23.1 Å². The molecule has 132 valence electrons. The van der Waals surface area contributed by atoms with Crippen molar-refractivity contribution in [2.75, 3.05) is 31.5 Å². The molecule has 1 aliphatic rings. The Labute approximate surface area is 151 Å². The number of amides is 2. The molecule has 1 fully saturated rings. The molecular weight excluding hydrogens is 336 g/mol. The number of hydrogen-bond donors (Lipinski definition) is 1. The summed E-state index contributed by atoms with van der Waals surface area (Å²) in [7, 11) is 0. The summed E-state index contributed by atoms with van der Waals surface area (Å²) in [4.78, 5) is 32.3. The zero-order chi connectivity index (χ0) is 17.5. The molecule has 1 saturated heterocycles. The van der Waals surface area contributed by atoms with Gasteiger partial charge in [-0.05, 0) is 5.56 Å². The normalized spacial score (nSPS) is 15.1. The van der Waals surface area contributed by atoms with E-state index in [-0.39, 0.29) is 24.7 Å². The molecule has 0 saturated carbocycles. The molecule has 1 aromatic heterocycles. The van der Waals surface area contributed by atoms with Crippen molar-refractivity contribution in [1.82, 2.24) is 14.8 Å². The van der Waals surface area contributed by atoms with E-state index in [0.29, 0.717) is 5.13 Å². The maximum absolute atomic E-state index is 12.3. The Bertz CT molecular complexity index is 682. The number of aromatic nitrogens is 1. The van der Waals surface area contributed by atoms with Crippen molar-refractivity contribution >= 4 is 28.3 Å². The molecule has 7 heteroatoms. The lowest BCUT2D eigenvalue weighted by Gasteiger charge is -2.34. The van der Waals surface area contributed by atoms with E-state index in [4.69, 9.17) is 0 Å². The second kappa shape index (κ2) is 8.73. The first kappa shape index (κ1) is 17.6. The van der Waals surface area contributed by atoms with Crippen molar-refractivity contribution in [1.29, 1.82) is 0 Å². The van der Waals surface area contributed by atoms with Crippen LogP contribution >= 0.6 is 11.3 Å². The van der Waals surface area contributed by atoms with E-state index < -0.39 is 0 Å². The predicted octanol–water partition coefficient (Wildman–Crippen LogP) is 2.21. The van der Waals surface area contributed by atoms with Gasteiger partial charge in [-0.2, -0.15) is 0 Å². The van der Waals surface area contributed by atoms with Gasteiger partial charge in [-0.1, -0.05) is 30.3 Å². The molecule has 2 amide bonds. The standard InChI is InChI=1S/C18H22N4O2S/c23-16(20-18-19-8-13-25-18)6-7-17(24)22-11-9-21(10-12-22)14-15-4-2-1-3-5-15/h1-5,8,13H,6-7,9-12,14H2,(H,19,20,23). The lowest BCUT2D eigenvalue weighted by Crippen LogP contribution is -2.48. The molecule has 2 heterocycles. The molecule has 0 aliphatic carbocycles. The van der Waals surface area contributed by atoms with Crippen molar-refractivity contribution in [2.24, 2.45) is 0 Å². The van der Waals surface area contributed by atoms with Gasteiger partial charge in [0.05, 0.1) is 0 Å². The molecule has 1 N–H and O–H groups in total. The molecule has 6 nitrogen and oxygen atoms in total. The highest BCUT2D eigenvalue weighted by Crippen LogP contribution is 2.12. The van der Waals surface area contributed by atoms with Crippen LogP contribution in [0.2, 0.25) is 0 Å². The van der Waals surface area contributed by atoms with Gasteiger partial charge in [-0.15, -0.1) is 11.3 Å². The van der Waals surface area contributed by atoms with Gasteiger partial charge in [-0.25, -0.2) is 4.98 Å². The largest absolute Gasteiger partial charge is 0.340 e. The van der Waals surface area contributed by atoms with Gasteiger partial charge in [0.1, 0.15) is 0 Å². The number of piperazine rings is 1. The molecule has 0 unspecified atom stereocenters. The van der Waals surface area contributed by atoms with E-state index in [0.717, 1.165) is 32.7 Å². The van der Waals surface area contributed by atoms with Crippen molar-refractivity contribution < 1.29 is 9.59 Å². The van der Waals surface area contributed by atoms with E-state index in [9.17, 15) is 9.59 Å². The van der Waals surface area contributed by atoms with Crippen LogP contribution in [-0.2, 0) is 16.1 Å². The SMILES string of the molecule is O=C(CCC(=O)N1CCN(Cc2ccccc2)CC1)Nc1nccs1. The Morgan fingerprint density at radius 2 is 1.84 bits per heavy atom. The average Bonchev–Trinajstić information content (AvgIpc) is 3.14. The fourth-order valence-electron chi connectivity index (χ4n) is 2.84. The van der Waals surface area contributed by atoms with Gasteiger partial charge in [0, 0.05) is 57.1 Å². The number of hydrogen-bond acceptors (Lipinski definition) is 5. The fraction of sp³-hybridized carbons (Fsp3) is 0.389. The summed E-state index contributed by atoms with van der Waals surface area (Å²) >= 11 is 1.37. The number of anilines is 1. The van der Waals surface area contributed by atoms with Crippen LogP contribution in [0.1, 0.15) is 18.4 Å². The van der Waals surface area contributed by atoms with Crippen LogP contribution in [0.5, 0.6) is 0 Å². The Hall–Kier alpha value is -2.25. The number of thiazole rings is 1. The van der Waals surface area contributed by atoms with Gasteiger partial charge >= 0.3 is 0 Å². The van der Waals surface area contributed by atoms with Crippen LogP contribution in [0.3, 0.4) is 0 Å². The zero-order valence-electron chi connectivity index (χ0n) is 14.1. The van der Waals surface area contributed by atoms with E-state index in [1.165, 1.54) is 16.9 Å². The number of nitrogens with zero attached hydrogens (tertiary/aromatic N) is 3. The molecule has 3 rings (SSSR count). The Kier molecular flexibility index (Phi) is 6.14. The second-order valence-corrected chi connectivity index (χ2v) is 6.92. The number of benzene rings is 1. The van der Waals surface area contributed by atoms with Crippen molar-refractivity contribution in [3.63, 3.8) is 0 Å². The molecule has 0 atom stereocenters. The van der Waals surface area contributed by atoms with Gasteiger partial charge in [-0.3, -0.25) is 14.5 Å². The number of carbonyl (C=O) groups is 2. The minimum absolute atomic E-state index is 0.0497. The fourth-order valence-corrected chi connectivity index (χ4v) is 3.39. The Morgan fingerprint density at radius 3 is 2.52 bits per heavy atom. The first-order chi connectivity index (χ1) is 12.2. The first-order valence-electron chi connectivity index (χ1n) is 8.44. The average molecular weight is 358 g/mol. The Morgan fingerprint density at radius 1 is 1.08 bits per heavy atom. The Balaban J connectivity index is 1.37. The number of rotatable bonds is 6. The van der Waals surface area contributed by atoms with Crippen molar-refractivity contribution in [3.8, 4) is 0 Å². The summed E-state index contributed by atoms with van der Waals surface area (Å²) < 4.78 is 0. The molecule has 0 radical (unpaired) electrons. The second-order valence-electron chi connectivity index (χ2n) is 6.03. The van der Waals surface area contributed by atoms with Crippen molar-refractivity contribution in [2.45, 2.75) is 19.4 Å². The first-order valence-corrected chi connectivity index (χ1v) is 9.32. The zero-order valence-corrected chi connectivity index (χ0v) is 14.9. The molecule has 0 spiro atoms. The molecule has 1 aromatic carbocycles. The third kappa shape index (κ3) is 5.37. The maximum Gasteiger partial charge on any atom is 0.226 e. The summed E-state index contributed by atoms with van der Waals surface area (Å²) in [6, 6.07) is 10.4. The van der Waals surface area contributed by atoms with Gasteiger partial charge < -0.3 is 10.2 Å². The van der Waals surface area contributed by atoms with Crippen molar-refractivity contribution in [3.05, 3.63) is 47.5 Å². The maximum atomic E-state index is 12.3. The molecule has 25 heavy (non-hydrogen) atoms. The lowest BCUT2D eigenvalue weighted by molar-refractivity contribution is -0.134. The minimum Gasteiger partial charge on any atom is -0.340 e. The third-order valence-electron chi connectivity index (χ3n) is 4.22. The highest BCUT2D eigenvalue weighted by atomic mass is 32.1. The quantitative estimate of drug-likeness (QED) is 0.860. The van der Waals surface area contributed by atoms with Crippen LogP contribution in [0.4, 0.5) is 5.13 Å². The monoisotopic (exact) mass is 358 g/mol. The smallest absolute Gasteiger partial charge is 0.226 e. The predicted molar refractivity (Wildman–Crippen MR) is 98.3 cm³/mol. The highest BCUT2D eigenvalue weighted by molar-refractivity contribution is 7.13. The summed E-state index contributed by atoms with van der Waals surface area (Å²) in [5, 5.41) is 5.08. The lowest BCUT2D eigenvalue weighted by atomic mass is 10.2. The van der Waals surface area contributed by atoms with Crippen LogP contribution < -0.4 is 5.32 Å². The van der Waals surface area contributed by atoms with Gasteiger partial charge in [0.2, 0.25) is 11.8 Å². The highest BCUT2D eigenvalue weighted by Gasteiger charge is 2.21. The minimum atomic E-state index is -0.161. The van der Waals surface area contributed by atoms with Gasteiger partial charge in [0.15, 0.2) is 5.13 Å². The molecule has 1 aliphatic heterocycles. The van der Waals surface area contributed by atoms with Gasteiger partial charge in [0.25, 0.3) is 0 Å². The number of nitrogens with one attached hydrogen (secondary N) is 1.